The van der Waals surface area contributed by atoms with Crippen LogP contribution in [0.2, 0.25) is 0 Å². The van der Waals surface area contributed by atoms with E-state index in [4.69, 9.17) is 0 Å². The van der Waals surface area contributed by atoms with Gasteiger partial charge < -0.3 is 0 Å². The van der Waals surface area contributed by atoms with Crippen LogP contribution in [-0.2, 0) is 9.59 Å². The highest BCUT2D eigenvalue weighted by molar-refractivity contribution is 7.81. The number of allylic oxidation sites excluding steroid dienone is 2. The zero-order chi connectivity index (χ0) is 12.3. The molecule has 0 spiro atoms. The Kier molecular flexibility index (Phi) is 4.87. The second kappa shape index (κ2) is 5.73. The quantitative estimate of drug-likeness (QED) is 0.598. The van der Waals surface area contributed by atoms with E-state index < -0.39 is 0 Å². The zero-order valence-corrected chi connectivity index (χ0v) is 11.2. The van der Waals surface area contributed by atoms with Gasteiger partial charge in [-0.05, 0) is 25.0 Å². The molecule has 2 nitrogen and oxygen atoms in total. The van der Waals surface area contributed by atoms with Gasteiger partial charge in [-0.2, -0.15) is 25.3 Å². The Morgan fingerprint density at radius 3 is 1.50 bits per heavy atom. The molecule has 88 valence electrons. The van der Waals surface area contributed by atoms with Crippen molar-refractivity contribution < 1.29 is 9.59 Å². The molecule has 0 aromatic heterocycles. The summed E-state index contributed by atoms with van der Waals surface area (Å²) in [6.07, 6.45) is 4.29. The maximum Gasteiger partial charge on any atom is 0.183 e. The van der Waals surface area contributed by atoms with E-state index >= 15 is 0 Å². The Morgan fingerprint density at radius 2 is 1.25 bits per heavy atom. The minimum atomic E-state index is -0.158. The Balaban J connectivity index is 2.96. The highest BCUT2D eigenvalue weighted by atomic mass is 32.1. The second-order valence-electron chi connectivity index (χ2n) is 3.78. The molecule has 0 saturated carbocycles. The van der Waals surface area contributed by atoms with Gasteiger partial charge in [-0.1, -0.05) is 13.8 Å². The fourth-order valence-corrected chi connectivity index (χ4v) is 1.96. The molecule has 0 aromatic carbocycles. The van der Waals surface area contributed by atoms with Crippen LogP contribution in [-0.4, -0.2) is 22.1 Å². The molecule has 0 amide bonds. The van der Waals surface area contributed by atoms with E-state index in [1.54, 1.807) is 0 Å². The third-order valence-electron chi connectivity index (χ3n) is 2.63. The van der Waals surface area contributed by atoms with Crippen molar-refractivity contribution in [3.05, 3.63) is 23.3 Å². The number of thiol groups is 2. The van der Waals surface area contributed by atoms with Gasteiger partial charge in [-0.25, -0.2) is 0 Å². The molecule has 0 aliphatic heterocycles. The topological polar surface area (TPSA) is 34.1 Å². The molecule has 0 N–H and O–H groups in total. The summed E-state index contributed by atoms with van der Waals surface area (Å²) in [6.45, 7) is 3.87. The van der Waals surface area contributed by atoms with E-state index in [0.29, 0.717) is 11.1 Å². The van der Waals surface area contributed by atoms with Gasteiger partial charge in [0.1, 0.15) is 0 Å². The van der Waals surface area contributed by atoms with Crippen molar-refractivity contribution >= 4 is 36.8 Å². The molecule has 1 aliphatic carbocycles. The second-order valence-corrected chi connectivity index (χ2v) is 5.02. The van der Waals surface area contributed by atoms with Crippen molar-refractivity contribution in [2.45, 2.75) is 37.2 Å². The molecule has 0 fully saturated rings. The van der Waals surface area contributed by atoms with Gasteiger partial charge in [-0.15, -0.1) is 0 Å². The number of carbonyl (C=O) groups is 2. The molecule has 4 heteroatoms. The number of carbonyl (C=O) groups excluding carboxylic acids is 2. The number of ketones is 2. The molecule has 2 atom stereocenters. The Bertz CT molecular complexity index is 333. The summed E-state index contributed by atoms with van der Waals surface area (Å²) in [4.78, 5) is 23.6. The van der Waals surface area contributed by atoms with Crippen LogP contribution in [0.3, 0.4) is 0 Å². The highest BCUT2D eigenvalue weighted by Gasteiger charge is 2.25. The van der Waals surface area contributed by atoms with E-state index in [9.17, 15) is 9.59 Å². The molecule has 1 rings (SSSR count). The first-order valence-electron chi connectivity index (χ1n) is 5.39. The van der Waals surface area contributed by atoms with Crippen LogP contribution >= 0.6 is 25.3 Å². The first-order chi connectivity index (χ1) is 7.51. The highest BCUT2D eigenvalue weighted by Crippen LogP contribution is 2.24. The molecule has 0 saturated heterocycles. The first-order valence-corrected chi connectivity index (χ1v) is 6.42. The SMILES string of the molecule is CCC(S)C1=CC(=O)C(C(S)CC)=CC1=O. The minimum absolute atomic E-state index is 0.107. The largest absolute Gasteiger partial charge is 0.290 e. The maximum absolute atomic E-state index is 11.8. The third-order valence-corrected chi connectivity index (χ3v) is 3.92. The standard InChI is InChI=1S/C12H16O2S2/c1-3-11(15)7-5-10(14)8(6-9(7)13)12(16)4-2/h5-6,11-12,15-16H,3-4H2,1-2H3. The molecular formula is C12H16O2S2. The predicted octanol–water partition coefficient (Wildman–Crippen LogP) is 2.41. The van der Waals surface area contributed by atoms with Crippen LogP contribution in [0.4, 0.5) is 0 Å². The Morgan fingerprint density at radius 1 is 0.938 bits per heavy atom. The van der Waals surface area contributed by atoms with Gasteiger partial charge in [0.25, 0.3) is 0 Å². The average molecular weight is 256 g/mol. The van der Waals surface area contributed by atoms with E-state index in [1.165, 1.54) is 12.2 Å². The summed E-state index contributed by atoms with van der Waals surface area (Å²) in [5.74, 6) is -0.215. The molecule has 0 radical (unpaired) electrons. The van der Waals surface area contributed by atoms with Gasteiger partial charge in [0.2, 0.25) is 0 Å². The molecule has 2 unspecified atom stereocenters. The number of rotatable bonds is 4. The van der Waals surface area contributed by atoms with Gasteiger partial charge in [0.15, 0.2) is 11.6 Å². The molecule has 0 heterocycles. The van der Waals surface area contributed by atoms with Crippen LogP contribution in [0.5, 0.6) is 0 Å². The van der Waals surface area contributed by atoms with Crippen LogP contribution < -0.4 is 0 Å². The summed E-state index contributed by atoms with van der Waals surface area (Å²) >= 11 is 8.57. The Hall–Kier alpha value is -0.480. The van der Waals surface area contributed by atoms with E-state index in [0.717, 1.165) is 12.8 Å². The fourth-order valence-electron chi connectivity index (χ4n) is 1.55. The van der Waals surface area contributed by atoms with E-state index in [-0.39, 0.29) is 22.1 Å². The van der Waals surface area contributed by atoms with Crippen molar-refractivity contribution in [3.63, 3.8) is 0 Å². The van der Waals surface area contributed by atoms with Crippen molar-refractivity contribution in [2.24, 2.45) is 0 Å². The monoisotopic (exact) mass is 256 g/mol. The third kappa shape index (κ3) is 2.80. The molecule has 16 heavy (non-hydrogen) atoms. The summed E-state index contributed by atoms with van der Waals surface area (Å²) in [5.41, 5.74) is 0.993. The van der Waals surface area contributed by atoms with Crippen molar-refractivity contribution in [1.29, 1.82) is 0 Å². The van der Waals surface area contributed by atoms with Gasteiger partial charge in [-0.3, -0.25) is 9.59 Å². The smallest absolute Gasteiger partial charge is 0.183 e. The lowest BCUT2D eigenvalue weighted by atomic mass is 9.91. The van der Waals surface area contributed by atoms with Crippen LogP contribution in [0.25, 0.3) is 0 Å². The lowest BCUT2D eigenvalue weighted by molar-refractivity contribution is -0.115. The summed E-state index contributed by atoms with van der Waals surface area (Å²) in [5, 5.41) is -0.316. The molecule has 1 aliphatic rings. The number of hydrogen-bond donors (Lipinski definition) is 2. The molecule has 0 bridgehead atoms. The molecular weight excluding hydrogens is 240 g/mol. The van der Waals surface area contributed by atoms with Crippen molar-refractivity contribution in [3.8, 4) is 0 Å². The van der Waals surface area contributed by atoms with Crippen LogP contribution in [0.15, 0.2) is 23.3 Å². The van der Waals surface area contributed by atoms with Gasteiger partial charge in [0, 0.05) is 21.6 Å². The molecule has 0 aromatic rings. The lowest BCUT2D eigenvalue weighted by Gasteiger charge is -2.18. The summed E-state index contributed by atoms with van der Waals surface area (Å²) in [7, 11) is 0. The summed E-state index contributed by atoms with van der Waals surface area (Å²) < 4.78 is 0. The summed E-state index contributed by atoms with van der Waals surface area (Å²) in [6, 6.07) is 0. The van der Waals surface area contributed by atoms with E-state index in [1.807, 2.05) is 13.8 Å². The van der Waals surface area contributed by atoms with Crippen LogP contribution in [0, 0.1) is 0 Å². The van der Waals surface area contributed by atoms with Gasteiger partial charge in [0.05, 0.1) is 0 Å². The predicted molar refractivity (Wildman–Crippen MR) is 72.3 cm³/mol. The first kappa shape index (κ1) is 13.6. The van der Waals surface area contributed by atoms with Crippen molar-refractivity contribution in [1.82, 2.24) is 0 Å². The Labute approximate surface area is 107 Å². The zero-order valence-electron chi connectivity index (χ0n) is 9.43. The normalized spacial score (nSPS) is 20.2. The maximum atomic E-state index is 11.8. The fraction of sp³-hybridized carbons (Fsp3) is 0.500. The number of hydrogen-bond acceptors (Lipinski definition) is 4. The van der Waals surface area contributed by atoms with E-state index in [2.05, 4.69) is 25.3 Å². The lowest BCUT2D eigenvalue weighted by Crippen LogP contribution is -2.22. The minimum Gasteiger partial charge on any atom is -0.290 e. The van der Waals surface area contributed by atoms with Gasteiger partial charge >= 0.3 is 0 Å². The van der Waals surface area contributed by atoms with Crippen molar-refractivity contribution in [2.75, 3.05) is 0 Å². The average Bonchev–Trinajstić information content (AvgIpc) is 2.29. The van der Waals surface area contributed by atoms with Crippen LogP contribution in [0.1, 0.15) is 26.7 Å².